The molecule has 1 unspecified atom stereocenters. The standard InChI is InChI=1S/C13H16O2/c1-14-11-7-3-2-6-10(11)12-13(15-12)8-4-5-9-13/h2-3,6-7,12H,4-5,8-9H2,1H3. The number of hydrogen-bond donors (Lipinski definition) is 0. The zero-order chi connectivity index (χ0) is 10.3. The Bertz CT molecular complexity index is 367. The van der Waals surface area contributed by atoms with E-state index >= 15 is 0 Å². The summed E-state index contributed by atoms with van der Waals surface area (Å²) in [6.07, 6.45) is 5.35. The lowest BCUT2D eigenvalue weighted by Gasteiger charge is -2.07. The van der Waals surface area contributed by atoms with E-state index in [0.29, 0.717) is 0 Å². The highest BCUT2D eigenvalue weighted by Crippen LogP contribution is 2.60. The molecular weight excluding hydrogens is 188 g/mol. The van der Waals surface area contributed by atoms with Gasteiger partial charge >= 0.3 is 0 Å². The van der Waals surface area contributed by atoms with Crippen LogP contribution in [0.15, 0.2) is 24.3 Å². The molecule has 80 valence electrons. The second-order valence-corrected chi connectivity index (χ2v) is 4.51. The molecule has 2 fully saturated rings. The van der Waals surface area contributed by atoms with Crippen molar-refractivity contribution in [2.75, 3.05) is 7.11 Å². The molecule has 1 saturated heterocycles. The van der Waals surface area contributed by atoms with Crippen LogP contribution in [0.2, 0.25) is 0 Å². The van der Waals surface area contributed by atoms with Crippen LogP contribution < -0.4 is 4.74 Å². The van der Waals surface area contributed by atoms with Gasteiger partial charge in [0.1, 0.15) is 11.9 Å². The molecule has 2 heteroatoms. The molecular formula is C13H16O2. The van der Waals surface area contributed by atoms with E-state index < -0.39 is 0 Å². The van der Waals surface area contributed by atoms with Crippen molar-refractivity contribution in [1.82, 2.24) is 0 Å². The number of benzene rings is 1. The molecule has 0 N–H and O–H groups in total. The van der Waals surface area contributed by atoms with Crippen molar-refractivity contribution in [3.63, 3.8) is 0 Å². The Morgan fingerprint density at radius 2 is 2.00 bits per heavy atom. The first-order valence-electron chi connectivity index (χ1n) is 5.66. The maximum Gasteiger partial charge on any atom is 0.124 e. The van der Waals surface area contributed by atoms with Crippen molar-refractivity contribution >= 4 is 0 Å². The molecule has 1 aliphatic carbocycles. The molecule has 3 rings (SSSR count). The average Bonchev–Trinajstić information content (AvgIpc) is 2.76. The fourth-order valence-corrected chi connectivity index (χ4v) is 2.78. The van der Waals surface area contributed by atoms with Crippen molar-refractivity contribution < 1.29 is 9.47 Å². The fraction of sp³-hybridized carbons (Fsp3) is 0.538. The molecule has 0 aromatic heterocycles. The van der Waals surface area contributed by atoms with Gasteiger partial charge in [-0.1, -0.05) is 31.0 Å². The molecule has 15 heavy (non-hydrogen) atoms. The van der Waals surface area contributed by atoms with Gasteiger partial charge < -0.3 is 9.47 Å². The monoisotopic (exact) mass is 204 g/mol. The van der Waals surface area contributed by atoms with Crippen molar-refractivity contribution in [1.29, 1.82) is 0 Å². The quantitative estimate of drug-likeness (QED) is 0.690. The number of para-hydroxylation sites is 1. The van der Waals surface area contributed by atoms with Crippen LogP contribution in [0.3, 0.4) is 0 Å². The van der Waals surface area contributed by atoms with Gasteiger partial charge in [-0.2, -0.15) is 0 Å². The molecule has 1 aromatic rings. The number of hydrogen-bond acceptors (Lipinski definition) is 2. The molecule has 1 aliphatic heterocycles. The van der Waals surface area contributed by atoms with Gasteiger partial charge in [0, 0.05) is 5.56 Å². The van der Waals surface area contributed by atoms with Crippen LogP contribution in [0, 0.1) is 0 Å². The third kappa shape index (κ3) is 1.36. The van der Waals surface area contributed by atoms with Crippen molar-refractivity contribution in [2.45, 2.75) is 37.4 Å². The summed E-state index contributed by atoms with van der Waals surface area (Å²) in [6.45, 7) is 0. The first-order valence-corrected chi connectivity index (χ1v) is 5.66. The molecule has 0 amide bonds. The Hall–Kier alpha value is -1.02. The van der Waals surface area contributed by atoms with Gasteiger partial charge in [-0.05, 0) is 18.9 Å². The summed E-state index contributed by atoms with van der Waals surface area (Å²) in [5, 5.41) is 0. The van der Waals surface area contributed by atoms with Gasteiger partial charge in [0.2, 0.25) is 0 Å². The summed E-state index contributed by atoms with van der Waals surface area (Å²) in [5.74, 6) is 0.964. The Balaban J connectivity index is 1.88. The predicted molar refractivity (Wildman–Crippen MR) is 58.0 cm³/mol. The largest absolute Gasteiger partial charge is 0.496 e. The van der Waals surface area contributed by atoms with E-state index in [4.69, 9.17) is 9.47 Å². The lowest BCUT2D eigenvalue weighted by Crippen LogP contribution is -2.05. The molecule has 1 spiro atoms. The van der Waals surface area contributed by atoms with Gasteiger partial charge in [-0.15, -0.1) is 0 Å². The van der Waals surface area contributed by atoms with E-state index in [1.165, 1.54) is 31.2 Å². The molecule has 2 aliphatic rings. The Morgan fingerprint density at radius 3 is 2.73 bits per heavy atom. The molecule has 1 atom stereocenters. The Labute approximate surface area is 90.2 Å². The highest BCUT2D eigenvalue weighted by atomic mass is 16.6. The van der Waals surface area contributed by atoms with Crippen molar-refractivity contribution in [3.8, 4) is 5.75 Å². The van der Waals surface area contributed by atoms with Crippen LogP contribution in [0.5, 0.6) is 5.75 Å². The van der Waals surface area contributed by atoms with E-state index in [-0.39, 0.29) is 11.7 Å². The number of methoxy groups -OCH3 is 1. The first-order chi connectivity index (χ1) is 7.36. The maximum atomic E-state index is 5.91. The lowest BCUT2D eigenvalue weighted by molar-refractivity contribution is 0.296. The minimum Gasteiger partial charge on any atom is -0.496 e. The normalized spacial score (nSPS) is 26.9. The van der Waals surface area contributed by atoms with Crippen LogP contribution in [0.1, 0.15) is 37.4 Å². The van der Waals surface area contributed by atoms with Gasteiger partial charge in [0.15, 0.2) is 0 Å². The number of rotatable bonds is 2. The molecule has 1 heterocycles. The maximum absolute atomic E-state index is 5.91. The van der Waals surface area contributed by atoms with E-state index in [1.807, 2.05) is 12.1 Å². The third-order valence-corrected chi connectivity index (χ3v) is 3.64. The van der Waals surface area contributed by atoms with Crippen LogP contribution in [0.4, 0.5) is 0 Å². The average molecular weight is 204 g/mol. The summed E-state index contributed by atoms with van der Waals surface area (Å²) >= 11 is 0. The van der Waals surface area contributed by atoms with Gasteiger partial charge in [0.25, 0.3) is 0 Å². The minimum atomic E-state index is 0.175. The lowest BCUT2D eigenvalue weighted by atomic mass is 9.97. The summed E-state index contributed by atoms with van der Waals surface area (Å²) in [5.41, 5.74) is 1.40. The van der Waals surface area contributed by atoms with E-state index in [1.54, 1.807) is 7.11 Å². The molecule has 1 aromatic carbocycles. The Kier molecular flexibility index (Phi) is 1.99. The molecule has 0 radical (unpaired) electrons. The first kappa shape index (κ1) is 9.22. The van der Waals surface area contributed by atoms with Crippen LogP contribution in [-0.2, 0) is 4.74 Å². The molecule has 0 bridgehead atoms. The van der Waals surface area contributed by atoms with E-state index in [2.05, 4.69) is 12.1 Å². The summed E-state index contributed by atoms with van der Waals surface area (Å²) in [6, 6.07) is 8.20. The number of ether oxygens (including phenoxy) is 2. The van der Waals surface area contributed by atoms with Gasteiger partial charge in [0.05, 0.1) is 12.7 Å². The third-order valence-electron chi connectivity index (χ3n) is 3.64. The van der Waals surface area contributed by atoms with Crippen LogP contribution >= 0.6 is 0 Å². The minimum absolute atomic E-state index is 0.175. The number of epoxide rings is 1. The second-order valence-electron chi connectivity index (χ2n) is 4.51. The zero-order valence-corrected chi connectivity index (χ0v) is 9.03. The highest BCUT2D eigenvalue weighted by Gasteiger charge is 2.58. The van der Waals surface area contributed by atoms with Gasteiger partial charge in [-0.3, -0.25) is 0 Å². The second kappa shape index (κ2) is 3.24. The predicted octanol–water partition coefficient (Wildman–Crippen LogP) is 3.08. The van der Waals surface area contributed by atoms with E-state index in [0.717, 1.165) is 5.75 Å². The van der Waals surface area contributed by atoms with Crippen LogP contribution in [0.25, 0.3) is 0 Å². The molecule has 1 saturated carbocycles. The molecule has 2 nitrogen and oxygen atoms in total. The summed E-state index contributed by atoms with van der Waals surface area (Å²) < 4.78 is 11.3. The van der Waals surface area contributed by atoms with Crippen molar-refractivity contribution in [2.24, 2.45) is 0 Å². The van der Waals surface area contributed by atoms with Crippen molar-refractivity contribution in [3.05, 3.63) is 29.8 Å². The summed E-state index contributed by atoms with van der Waals surface area (Å²) in [7, 11) is 1.72. The highest BCUT2D eigenvalue weighted by molar-refractivity contribution is 5.39. The Morgan fingerprint density at radius 1 is 1.27 bits per heavy atom. The fourth-order valence-electron chi connectivity index (χ4n) is 2.78. The zero-order valence-electron chi connectivity index (χ0n) is 9.03. The van der Waals surface area contributed by atoms with E-state index in [9.17, 15) is 0 Å². The SMILES string of the molecule is COc1ccccc1C1OC12CCCC2. The van der Waals surface area contributed by atoms with Crippen LogP contribution in [-0.4, -0.2) is 12.7 Å². The topological polar surface area (TPSA) is 21.8 Å². The summed E-state index contributed by atoms with van der Waals surface area (Å²) in [4.78, 5) is 0. The van der Waals surface area contributed by atoms with Gasteiger partial charge in [-0.25, -0.2) is 0 Å². The smallest absolute Gasteiger partial charge is 0.124 e.